The number of rotatable bonds is 13. The van der Waals surface area contributed by atoms with Crippen LogP contribution in [0.3, 0.4) is 0 Å². The number of hydrogen-bond donors (Lipinski definition) is 9. The van der Waals surface area contributed by atoms with Crippen LogP contribution in [0.1, 0.15) is 79.6 Å². The summed E-state index contributed by atoms with van der Waals surface area (Å²) in [6, 6.07) is 0. The maximum Gasteiger partial charge on any atom is 0.187 e. The van der Waals surface area contributed by atoms with Crippen LogP contribution < -0.4 is 0 Å². The Morgan fingerprint density at radius 2 is 1.45 bits per heavy atom. The second-order valence-corrected chi connectivity index (χ2v) is 18.8. The highest BCUT2D eigenvalue weighted by molar-refractivity contribution is 5.22. The van der Waals surface area contributed by atoms with Crippen LogP contribution in [0.15, 0.2) is 0 Å². The monoisotopic (exact) mass is 790 g/mol. The number of fused-ring (bicyclic) bond motifs is 5. The first-order valence-electron chi connectivity index (χ1n) is 20.6. The molecular formula is C40H70O15. The molecule has 0 aromatic carbocycles. The molecule has 15 heteroatoms. The van der Waals surface area contributed by atoms with Gasteiger partial charge in [0.15, 0.2) is 12.6 Å². The number of aliphatic hydroxyl groups is 9. The Kier molecular flexibility index (Phi) is 13.4. The summed E-state index contributed by atoms with van der Waals surface area (Å²) in [4.78, 5) is 0. The van der Waals surface area contributed by atoms with Gasteiger partial charge in [-0.1, -0.05) is 34.6 Å². The van der Waals surface area contributed by atoms with Gasteiger partial charge in [0.2, 0.25) is 0 Å². The lowest BCUT2D eigenvalue weighted by Gasteiger charge is -2.66. The highest BCUT2D eigenvalue weighted by Gasteiger charge is 2.73. The zero-order valence-corrected chi connectivity index (χ0v) is 33.6. The Balaban J connectivity index is 1.12. The van der Waals surface area contributed by atoms with Crippen molar-refractivity contribution in [2.45, 2.75) is 165 Å². The summed E-state index contributed by atoms with van der Waals surface area (Å²) in [5.74, 6) is -1.79. The largest absolute Gasteiger partial charge is 0.394 e. The van der Waals surface area contributed by atoms with Gasteiger partial charge in [-0.05, 0) is 78.9 Å². The van der Waals surface area contributed by atoms with Gasteiger partial charge in [0.05, 0.1) is 55.9 Å². The average molecular weight is 791 g/mol. The smallest absolute Gasteiger partial charge is 0.187 e. The molecule has 5 unspecified atom stereocenters. The normalized spacial score (nSPS) is 52.4. The molecule has 6 rings (SSSR count). The van der Waals surface area contributed by atoms with Gasteiger partial charge in [0, 0.05) is 32.5 Å². The molecule has 320 valence electrons. The molecule has 6 fully saturated rings. The molecule has 2 heterocycles. The first-order valence-corrected chi connectivity index (χ1v) is 20.6. The third-order valence-corrected chi connectivity index (χ3v) is 15.7. The van der Waals surface area contributed by atoms with Gasteiger partial charge in [-0.2, -0.15) is 0 Å². The zero-order valence-electron chi connectivity index (χ0n) is 33.6. The third-order valence-electron chi connectivity index (χ3n) is 15.7. The topological polar surface area (TPSA) is 237 Å². The van der Waals surface area contributed by atoms with E-state index in [2.05, 4.69) is 27.7 Å². The molecule has 4 saturated carbocycles. The molecule has 15 nitrogen and oxygen atoms in total. The van der Waals surface area contributed by atoms with Crippen LogP contribution >= 0.6 is 0 Å². The Hall–Kier alpha value is -0.600. The fourth-order valence-electron chi connectivity index (χ4n) is 12.7. The third kappa shape index (κ3) is 7.47. The highest BCUT2D eigenvalue weighted by atomic mass is 16.8. The summed E-state index contributed by atoms with van der Waals surface area (Å²) < 4.78 is 34.9. The maximum absolute atomic E-state index is 12.7. The Morgan fingerprint density at radius 1 is 0.764 bits per heavy atom. The van der Waals surface area contributed by atoms with Crippen LogP contribution in [0.5, 0.6) is 0 Å². The molecule has 9 N–H and O–H groups in total. The van der Waals surface area contributed by atoms with Gasteiger partial charge in [-0.15, -0.1) is 0 Å². The standard InChI is InChI=1S/C40H70O15/c1-18(2)20(16-52-37-34(29(45)23(15-41)54-37)55-36-33(51-7)30(46)24(50-6)17-53-36)9-8-19(3)26-31(47)32(48)35-39(26,5)13-11-25-38(4)12-10-21(42)28(44)27(38)22(43)14-40(25,35)49/h18-37,41-49H,8-17H2,1-7H3/t19?,20?,21-,22-,23-,24+,25?,26-,27?,28-,29-,30-,31+,32+,33+,34+,35?,36-,37+,38+,39+,40-/m0/s1. The lowest BCUT2D eigenvalue weighted by atomic mass is 9.41. The molecular weight excluding hydrogens is 720 g/mol. The fraction of sp³-hybridized carbons (Fsp3) is 1.00. The number of ether oxygens (including phenoxy) is 6. The van der Waals surface area contributed by atoms with Crippen LogP contribution in [-0.4, -0.2) is 165 Å². The van der Waals surface area contributed by atoms with Crippen molar-refractivity contribution in [3.05, 3.63) is 0 Å². The summed E-state index contributed by atoms with van der Waals surface area (Å²) >= 11 is 0. The minimum Gasteiger partial charge on any atom is -0.394 e. The van der Waals surface area contributed by atoms with Crippen LogP contribution in [0.25, 0.3) is 0 Å². The van der Waals surface area contributed by atoms with E-state index >= 15 is 0 Å². The Bertz CT molecular complexity index is 1280. The van der Waals surface area contributed by atoms with Crippen LogP contribution in [0.4, 0.5) is 0 Å². The van der Waals surface area contributed by atoms with E-state index in [0.717, 1.165) is 0 Å². The van der Waals surface area contributed by atoms with Crippen molar-refractivity contribution in [2.75, 3.05) is 34.0 Å². The number of aliphatic hydroxyl groups excluding tert-OH is 8. The molecule has 0 amide bonds. The van der Waals surface area contributed by atoms with Gasteiger partial charge in [-0.3, -0.25) is 0 Å². The second kappa shape index (κ2) is 16.8. The number of methoxy groups -OCH3 is 2. The van der Waals surface area contributed by atoms with Crippen LogP contribution in [-0.2, 0) is 28.4 Å². The molecule has 0 aromatic heterocycles. The van der Waals surface area contributed by atoms with Crippen molar-refractivity contribution in [1.82, 2.24) is 0 Å². The first-order chi connectivity index (χ1) is 25.9. The van der Waals surface area contributed by atoms with Crippen molar-refractivity contribution in [3.63, 3.8) is 0 Å². The fourth-order valence-corrected chi connectivity index (χ4v) is 12.7. The van der Waals surface area contributed by atoms with E-state index in [9.17, 15) is 46.0 Å². The second-order valence-electron chi connectivity index (χ2n) is 18.8. The minimum absolute atomic E-state index is 0.0180. The van der Waals surface area contributed by atoms with E-state index in [1.165, 1.54) is 14.2 Å². The van der Waals surface area contributed by atoms with Gasteiger partial charge < -0.3 is 74.4 Å². The molecule has 2 aliphatic heterocycles. The summed E-state index contributed by atoms with van der Waals surface area (Å²) in [5.41, 5.74) is -2.73. The van der Waals surface area contributed by atoms with Crippen molar-refractivity contribution in [2.24, 2.45) is 52.3 Å². The SMILES string of the molecule is CO[C@H]1[C@H](O[C@H]2[C@H](OCC(CCC(C)[C@H]3[C@@H](O)[C@@H](O)C4[C@]5(O)C[C@H](O)C6[C@@H](O)[C@@H](O)CC[C@]6(C)C5CC[C@@]43C)C(C)C)O[C@@H](CO)[C@@H]2O)OC[C@@H](OC)[C@@H]1O. The number of hydrogen-bond acceptors (Lipinski definition) is 15. The lowest BCUT2D eigenvalue weighted by molar-refractivity contribution is -0.310. The predicted octanol–water partition coefficient (Wildman–Crippen LogP) is -0.0801. The van der Waals surface area contributed by atoms with Crippen molar-refractivity contribution >= 4 is 0 Å². The summed E-state index contributed by atoms with van der Waals surface area (Å²) in [6.45, 7) is 10.1. The Morgan fingerprint density at radius 3 is 2.09 bits per heavy atom. The average Bonchev–Trinajstić information content (AvgIpc) is 3.53. The maximum atomic E-state index is 12.7. The Labute approximate surface area is 325 Å². The van der Waals surface area contributed by atoms with Crippen molar-refractivity contribution in [1.29, 1.82) is 0 Å². The zero-order chi connectivity index (χ0) is 40.4. The molecule has 4 aliphatic carbocycles. The molecule has 0 bridgehead atoms. The van der Waals surface area contributed by atoms with E-state index in [4.69, 9.17) is 28.4 Å². The quantitative estimate of drug-likeness (QED) is 0.119. The molecule has 22 atom stereocenters. The predicted molar refractivity (Wildman–Crippen MR) is 195 cm³/mol. The van der Waals surface area contributed by atoms with Gasteiger partial charge in [0.1, 0.15) is 36.6 Å². The van der Waals surface area contributed by atoms with Crippen molar-refractivity contribution in [3.8, 4) is 0 Å². The van der Waals surface area contributed by atoms with E-state index in [1.54, 1.807) is 0 Å². The van der Waals surface area contributed by atoms with Gasteiger partial charge in [0.25, 0.3) is 0 Å². The highest BCUT2D eigenvalue weighted by Crippen LogP contribution is 2.70. The van der Waals surface area contributed by atoms with Crippen LogP contribution in [0.2, 0.25) is 0 Å². The molecule has 0 spiro atoms. The van der Waals surface area contributed by atoms with Gasteiger partial charge >= 0.3 is 0 Å². The summed E-state index contributed by atoms with van der Waals surface area (Å²) in [6.07, 6.45) is -9.78. The molecule has 0 radical (unpaired) electrons. The lowest BCUT2D eigenvalue weighted by Crippen LogP contribution is -2.71. The molecule has 55 heavy (non-hydrogen) atoms. The van der Waals surface area contributed by atoms with Crippen LogP contribution in [0, 0.1) is 52.3 Å². The molecule has 6 aliphatic rings. The minimum atomic E-state index is -1.46. The molecule has 0 aromatic rings. The van der Waals surface area contributed by atoms with E-state index in [-0.39, 0.29) is 49.2 Å². The van der Waals surface area contributed by atoms with E-state index in [0.29, 0.717) is 38.5 Å². The van der Waals surface area contributed by atoms with Crippen molar-refractivity contribution < 1.29 is 74.4 Å². The summed E-state index contributed by atoms with van der Waals surface area (Å²) in [7, 11) is 2.87. The molecule has 2 saturated heterocycles. The summed E-state index contributed by atoms with van der Waals surface area (Å²) in [5, 5.41) is 101. The van der Waals surface area contributed by atoms with E-state index < -0.39 is 115 Å². The van der Waals surface area contributed by atoms with Gasteiger partial charge in [-0.25, -0.2) is 0 Å². The first kappa shape index (κ1) is 44.0. The van der Waals surface area contributed by atoms with E-state index in [1.807, 2.05) is 6.92 Å².